The van der Waals surface area contributed by atoms with E-state index in [-0.39, 0.29) is 18.6 Å². The fourth-order valence-corrected chi connectivity index (χ4v) is 2.33. The predicted molar refractivity (Wildman–Crippen MR) is 81.0 cm³/mol. The summed E-state index contributed by atoms with van der Waals surface area (Å²) < 4.78 is 12.6. The highest BCUT2D eigenvalue weighted by Crippen LogP contribution is 2.12. The summed E-state index contributed by atoms with van der Waals surface area (Å²) in [5, 5.41) is 7.09. The summed E-state index contributed by atoms with van der Waals surface area (Å²) in [6, 6.07) is 11.5. The Morgan fingerprint density at radius 2 is 2.23 bits per heavy atom. The molecule has 0 aliphatic carbocycles. The molecule has 1 aliphatic heterocycles. The normalized spacial score (nSPS) is 17.4. The molecule has 116 valence electrons. The number of hydrogen-bond acceptors (Lipinski definition) is 4. The van der Waals surface area contributed by atoms with Crippen molar-refractivity contribution in [3.8, 4) is 11.6 Å². The standard InChI is InChI=1S/C16H19N3O3/c20-15(17-11-14-7-4-10-21-14)12-22-16-8-9-19(18-16)13-5-2-1-3-6-13/h1-3,5-6,8-9,14H,4,7,10-12H2,(H,17,20)/t14-/m0/s1. The summed E-state index contributed by atoms with van der Waals surface area (Å²) in [6.45, 7) is 1.28. The molecule has 0 spiro atoms. The number of ether oxygens (including phenoxy) is 2. The lowest BCUT2D eigenvalue weighted by molar-refractivity contribution is -0.123. The lowest BCUT2D eigenvalue weighted by atomic mass is 10.2. The third-order valence-corrected chi connectivity index (χ3v) is 3.49. The maximum Gasteiger partial charge on any atom is 0.258 e. The van der Waals surface area contributed by atoms with Crippen LogP contribution in [0, 0.1) is 0 Å². The van der Waals surface area contributed by atoms with Gasteiger partial charge in [-0.25, -0.2) is 4.68 Å². The van der Waals surface area contributed by atoms with Gasteiger partial charge in [0.15, 0.2) is 6.61 Å². The fourth-order valence-electron chi connectivity index (χ4n) is 2.33. The van der Waals surface area contributed by atoms with Gasteiger partial charge in [0.2, 0.25) is 5.88 Å². The monoisotopic (exact) mass is 301 g/mol. The average Bonchev–Trinajstić information content (AvgIpc) is 3.23. The molecule has 1 aromatic carbocycles. The lowest BCUT2D eigenvalue weighted by Crippen LogP contribution is -2.35. The van der Waals surface area contributed by atoms with Crippen molar-refractivity contribution in [1.82, 2.24) is 15.1 Å². The second kappa shape index (κ2) is 7.09. The summed E-state index contributed by atoms with van der Waals surface area (Å²) in [7, 11) is 0. The first-order chi connectivity index (χ1) is 10.8. The van der Waals surface area contributed by atoms with E-state index in [1.54, 1.807) is 16.9 Å². The third kappa shape index (κ3) is 3.85. The highest BCUT2D eigenvalue weighted by Gasteiger charge is 2.16. The van der Waals surface area contributed by atoms with E-state index in [4.69, 9.17) is 9.47 Å². The first kappa shape index (κ1) is 14.6. The van der Waals surface area contributed by atoms with Crippen LogP contribution in [0.4, 0.5) is 0 Å². The molecule has 0 radical (unpaired) electrons. The van der Waals surface area contributed by atoms with E-state index in [1.165, 1.54) is 0 Å². The maximum absolute atomic E-state index is 11.7. The van der Waals surface area contributed by atoms with Crippen molar-refractivity contribution in [1.29, 1.82) is 0 Å². The first-order valence-electron chi connectivity index (χ1n) is 7.43. The van der Waals surface area contributed by atoms with E-state index in [1.807, 2.05) is 30.3 Å². The van der Waals surface area contributed by atoms with Crippen molar-refractivity contribution in [3.05, 3.63) is 42.6 Å². The second-order valence-corrected chi connectivity index (χ2v) is 5.16. The number of aromatic nitrogens is 2. The van der Waals surface area contributed by atoms with Crippen molar-refractivity contribution in [2.75, 3.05) is 19.8 Å². The van der Waals surface area contributed by atoms with Crippen molar-refractivity contribution < 1.29 is 14.3 Å². The Balaban J connectivity index is 1.45. The zero-order valence-corrected chi connectivity index (χ0v) is 12.3. The second-order valence-electron chi connectivity index (χ2n) is 5.16. The van der Waals surface area contributed by atoms with Crippen LogP contribution in [0.1, 0.15) is 12.8 Å². The largest absolute Gasteiger partial charge is 0.466 e. The van der Waals surface area contributed by atoms with Crippen LogP contribution in [0.15, 0.2) is 42.6 Å². The topological polar surface area (TPSA) is 65.4 Å². The molecule has 1 atom stereocenters. The average molecular weight is 301 g/mol. The molecule has 1 aliphatic rings. The molecule has 6 nitrogen and oxygen atoms in total. The van der Waals surface area contributed by atoms with E-state index in [9.17, 15) is 4.79 Å². The van der Waals surface area contributed by atoms with Crippen LogP contribution < -0.4 is 10.1 Å². The molecule has 6 heteroatoms. The van der Waals surface area contributed by atoms with E-state index >= 15 is 0 Å². The molecule has 1 saturated heterocycles. The molecular weight excluding hydrogens is 282 g/mol. The number of rotatable bonds is 6. The van der Waals surface area contributed by atoms with Gasteiger partial charge in [-0.15, -0.1) is 5.10 Å². The van der Waals surface area contributed by atoms with Gasteiger partial charge in [-0.1, -0.05) is 18.2 Å². The molecule has 1 amide bonds. The summed E-state index contributed by atoms with van der Waals surface area (Å²) >= 11 is 0. The molecular formula is C16H19N3O3. The van der Waals surface area contributed by atoms with Gasteiger partial charge in [-0.2, -0.15) is 0 Å². The van der Waals surface area contributed by atoms with Crippen LogP contribution in [-0.4, -0.2) is 41.6 Å². The van der Waals surface area contributed by atoms with Gasteiger partial charge in [0.1, 0.15) is 0 Å². The molecule has 2 heterocycles. The number of carbonyl (C=O) groups excluding carboxylic acids is 1. The SMILES string of the molecule is O=C(COc1ccn(-c2ccccc2)n1)NC[C@@H]1CCCO1. The zero-order chi connectivity index (χ0) is 15.2. The summed E-state index contributed by atoms with van der Waals surface area (Å²) in [4.78, 5) is 11.7. The molecule has 3 rings (SSSR count). The quantitative estimate of drug-likeness (QED) is 0.879. The Morgan fingerprint density at radius 1 is 1.36 bits per heavy atom. The van der Waals surface area contributed by atoms with Crippen molar-refractivity contribution in [3.63, 3.8) is 0 Å². The van der Waals surface area contributed by atoms with Crippen molar-refractivity contribution in [2.24, 2.45) is 0 Å². The Bertz CT molecular complexity index is 606. The molecule has 0 unspecified atom stereocenters. The maximum atomic E-state index is 11.7. The number of hydrogen-bond donors (Lipinski definition) is 1. The first-order valence-corrected chi connectivity index (χ1v) is 7.43. The highest BCUT2D eigenvalue weighted by atomic mass is 16.5. The van der Waals surface area contributed by atoms with Gasteiger partial charge in [0, 0.05) is 25.4 Å². The van der Waals surface area contributed by atoms with Crippen LogP contribution in [0.3, 0.4) is 0 Å². The summed E-state index contributed by atoms with van der Waals surface area (Å²) in [5.41, 5.74) is 0.945. The Morgan fingerprint density at radius 3 is 3.00 bits per heavy atom. The number of nitrogens with zero attached hydrogens (tertiary/aromatic N) is 2. The van der Waals surface area contributed by atoms with E-state index < -0.39 is 0 Å². The van der Waals surface area contributed by atoms with Gasteiger partial charge >= 0.3 is 0 Å². The van der Waals surface area contributed by atoms with Crippen LogP contribution in [0.25, 0.3) is 5.69 Å². The smallest absolute Gasteiger partial charge is 0.258 e. The van der Waals surface area contributed by atoms with E-state index in [2.05, 4.69) is 10.4 Å². The molecule has 0 bridgehead atoms. The molecule has 1 aromatic heterocycles. The number of benzene rings is 1. The van der Waals surface area contributed by atoms with Crippen LogP contribution in [-0.2, 0) is 9.53 Å². The number of para-hydroxylation sites is 1. The van der Waals surface area contributed by atoms with Crippen molar-refractivity contribution >= 4 is 5.91 Å². The van der Waals surface area contributed by atoms with Crippen LogP contribution in [0.2, 0.25) is 0 Å². The predicted octanol–water partition coefficient (Wildman–Crippen LogP) is 1.55. The van der Waals surface area contributed by atoms with E-state index in [0.717, 1.165) is 25.1 Å². The Hall–Kier alpha value is -2.34. The summed E-state index contributed by atoms with van der Waals surface area (Å²) in [5.74, 6) is 0.265. The van der Waals surface area contributed by atoms with Crippen LogP contribution >= 0.6 is 0 Å². The highest BCUT2D eigenvalue weighted by molar-refractivity contribution is 5.77. The number of nitrogens with one attached hydrogen (secondary N) is 1. The third-order valence-electron chi connectivity index (χ3n) is 3.49. The van der Waals surface area contributed by atoms with Gasteiger partial charge in [-0.05, 0) is 25.0 Å². The minimum atomic E-state index is -0.162. The lowest BCUT2D eigenvalue weighted by Gasteiger charge is -2.10. The Kier molecular flexibility index (Phi) is 4.70. The van der Waals surface area contributed by atoms with E-state index in [0.29, 0.717) is 12.4 Å². The zero-order valence-electron chi connectivity index (χ0n) is 12.3. The molecule has 1 fully saturated rings. The van der Waals surface area contributed by atoms with Gasteiger partial charge in [-0.3, -0.25) is 4.79 Å². The van der Waals surface area contributed by atoms with Gasteiger partial charge < -0.3 is 14.8 Å². The van der Waals surface area contributed by atoms with Crippen LogP contribution in [0.5, 0.6) is 5.88 Å². The molecule has 0 saturated carbocycles. The van der Waals surface area contributed by atoms with Crippen molar-refractivity contribution in [2.45, 2.75) is 18.9 Å². The molecule has 1 N–H and O–H groups in total. The number of carbonyl (C=O) groups is 1. The van der Waals surface area contributed by atoms with Gasteiger partial charge in [0.05, 0.1) is 11.8 Å². The number of amides is 1. The fraction of sp³-hybridized carbons (Fsp3) is 0.375. The minimum absolute atomic E-state index is 0.0431. The summed E-state index contributed by atoms with van der Waals surface area (Å²) in [6.07, 6.45) is 4.01. The Labute approximate surface area is 129 Å². The molecule has 22 heavy (non-hydrogen) atoms. The molecule has 2 aromatic rings. The minimum Gasteiger partial charge on any atom is -0.466 e. The van der Waals surface area contributed by atoms with Gasteiger partial charge in [0.25, 0.3) is 5.91 Å².